The van der Waals surface area contributed by atoms with Crippen LogP contribution < -0.4 is 5.73 Å². The van der Waals surface area contributed by atoms with Crippen LogP contribution in [-0.2, 0) is 0 Å². The Hall–Kier alpha value is -0.240. The predicted molar refractivity (Wildman–Crippen MR) is 53.9 cm³/mol. The fraction of sp³-hybridized carbons (Fsp3) is 0.333. The molecule has 1 nitrogen and oxygen atoms in total. The molecule has 0 aliphatic rings. The van der Waals surface area contributed by atoms with E-state index in [1.807, 2.05) is 13.0 Å². The quantitative estimate of drug-likeness (QED) is 0.787. The molecule has 12 heavy (non-hydrogen) atoms. The van der Waals surface area contributed by atoms with Gasteiger partial charge in [-0.2, -0.15) is 0 Å². The van der Waals surface area contributed by atoms with E-state index in [0.29, 0.717) is 11.6 Å². The Morgan fingerprint density at radius 2 is 2.08 bits per heavy atom. The summed E-state index contributed by atoms with van der Waals surface area (Å²) in [5.74, 6) is 0.260. The summed E-state index contributed by atoms with van der Waals surface area (Å²) < 4.78 is 0. The molecule has 0 fully saturated rings. The summed E-state index contributed by atoms with van der Waals surface area (Å²) in [6, 6.07) is 5.43. The van der Waals surface area contributed by atoms with E-state index in [0.717, 1.165) is 10.6 Å². The van der Waals surface area contributed by atoms with Crippen LogP contribution in [0.2, 0.25) is 10.0 Å². The molecular formula is C9H11Cl2N. The van der Waals surface area contributed by atoms with Crippen molar-refractivity contribution in [2.45, 2.75) is 12.8 Å². The van der Waals surface area contributed by atoms with Gasteiger partial charge in [0.05, 0.1) is 0 Å². The van der Waals surface area contributed by atoms with Crippen molar-refractivity contribution in [3.05, 3.63) is 33.8 Å². The molecule has 1 aromatic carbocycles. The SMILES string of the molecule is C[C@H](CN)c1cc(Cl)ccc1Cl. The first-order valence-corrected chi connectivity index (χ1v) is 4.55. The molecule has 0 saturated carbocycles. The highest BCUT2D eigenvalue weighted by Crippen LogP contribution is 2.26. The average molecular weight is 204 g/mol. The summed E-state index contributed by atoms with van der Waals surface area (Å²) in [5.41, 5.74) is 6.54. The van der Waals surface area contributed by atoms with Gasteiger partial charge in [-0.3, -0.25) is 0 Å². The van der Waals surface area contributed by atoms with E-state index in [-0.39, 0.29) is 5.92 Å². The number of hydrogen-bond donors (Lipinski definition) is 1. The standard InChI is InChI=1S/C9H11Cl2N/c1-6(5-12)8-4-7(10)2-3-9(8)11/h2-4,6H,5,12H2,1H3/t6-/m1/s1. The first-order chi connectivity index (χ1) is 5.65. The minimum Gasteiger partial charge on any atom is -0.330 e. The zero-order valence-electron chi connectivity index (χ0n) is 6.85. The van der Waals surface area contributed by atoms with Crippen LogP contribution in [0.4, 0.5) is 0 Å². The topological polar surface area (TPSA) is 26.0 Å². The lowest BCUT2D eigenvalue weighted by molar-refractivity contribution is 0.774. The molecule has 1 atom stereocenters. The second-order valence-electron chi connectivity index (χ2n) is 2.80. The van der Waals surface area contributed by atoms with Crippen molar-refractivity contribution >= 4 is 23.2 Å². The van der Waals surface area contributed by atoms with Crippen LogP contribution in [0.5, 0.6) is 0 Å². The normalized spacial score (nSPS) is 13.0. The molecule has 0 bridgehead atoms. The molecule has 0 spiro atoms. The summed E-state index contributed by atoms with van der Waals surface area (Å²) in [5, 5.41) is 1.44. The number of benzene rings is 1. The fourth-order valence-corrected chi connectivity index (χ4v) is 1.50. The predicted octanol–water partition coefficient (Wildman–Crippen LogP) is 3.06. The molecule has 0 aliphatic carbocycles. The zero-order chi connectivity index (χ0) is 9.14. The lowest BCUT2D eigenvalue weighted by Gasteiger charge is -2.10. The number of halogens is 2. The molecular weight excluding hydrogens is 193 g/mol. The van der Waals surface area contributed by atoms with Crippen molar-refractivity contribution in [3.63, 3.8) is 0 Å². The Balaban J connectivity index is 3.04. The molecule has 1 rings (SSSR count). The first kappa shape index (κ1) is 9.85. The Morgan fingerprint density at radius 1 is 1.42 bits per heavy atom. The summed E-state index contributed by atoms with van der Waals surface area (Å²) in [7, 11) is 0. The lowest BCUT2D eigenvalue weighted by Crippen LogP contribution is -2.09. The molecule has 2 N–H and O–H groups in total. The van der Waals surface area contributed by atoms with Gasteiger partial charge in [-0.05, 0) is 36.2 Å². The van der Waals surface area contributed by atoms with Gasteiger partial charge in [-0.25, -0.2) is 0 Å². The van der Waals surface area contributed by atoms with Gasteiger partial charge in [0.1, 0.15) is 0 Å². The maximum absolute atomic E-state index is 5.96. The van der Waals surface area contributed by atoms with E-state index >= 15 is 0 Å². The van der Waals surface area contributed by atoms with Gasteiger partial charge in [0.15, 0.2) is 0 Å². The van der Waals surface area contributed by atoms with E-state index in [1.54, 1.807) is 12.1 Å². The molecule has 0 aliphatic heterocycles. The van der Waals surface area contributed by atoms with Crippen molar-refractivity contribution in [1.29, 1.82) is 0 Å². The van der Waals surface area contributed by atoms with Gasteiger partial charge in [-0.15, -0.1) is 0 Å². The highest BCUT2D eigenvalue weighted by atomic mass is 35.5. The highest BCUT2D eigenvalue weighted by Gasteiger charge is 2.07. The number of rotatable bonds is 2. The zero-order valence-corrected chi connectivity index (χ0v) is 8.36. The van der Waals surface area contributed by atoms with Gasteiger partial charge in [0.25, 0.3) is 0 Å². The van der Waals surface area contributed by atoms with Crippen LogP contribution >= 0.6 is 23.2 Å². The fourth-order valence-electron chi connectivity index (χ4n) is 1.02. The van der Waals surface area contributed by atoms with Gasteiger partial charge < -0.3 is 5.73 Å². The van der Waals surface area contributed by atoms with E-state index < -0.39 is 0 Å². The van der Waals surface area contributed by atoms with Crippen molar-refractivity contribution in [2.75, 3.05) is 6.54 Å². The third kappa shape index (κ3) is 2.13. The molecule has 0 heterocycles. The van der Waals surface area contributed by atoms with Crippen LogP contribution in [0.1, 0.15) is 18.4 Å². The van der Waals surface area contributed by atoms with Crippen molar-refractivity contribution in [1.82, 2.24) is 0 Å². The third-order valence-corrected chi connectivity index (χ3v) is 2.42. The van der Waals surface area contributed by atoms with Crippen LogP contribution in [-0.4, -0.2) is 6.54 Å². The van der Waals surface area contributed by atoms with E-state index in [1.165, 1.54) is 0 Å². The molecule has 0 aromatic heterocycles. The summed E-state index contributed by atoms with van der Waals surface area (Å²) >= 11 is 11.8. The van der Waals surface area contributed by atoms with Crippen LogP contribution in [0.15, 0.2) is 18.2 Å². The van der Waals surface area contributed by atoms with E-state index in [2.05, 4.69) is 0 Å². The lowest BCUT2D eigenvalue weighted by atomic mass is 10.0. The molecule has 0 amide bonds. The average Bonchev–Trinajstić information content (AvgIpc) is 2.08. The van der Waals surface area contributed by atoms with Crippen molar-refractivity contribution in [2.24, 2.45) is 5.73 Å². The summed E-state index contributed by atoms with van der Waals surface area (Å²) in [6.45, 7) is 2.61. The van der Waals surface area contributed by atoms with Gasteiger partial charge in [0, 0.05) is 10.0 Å². The maximum Gasteiger partial charge on any atom is 0.0442 e. The Labute approximate surface area is 82.5 Å². The van der Waals surface area contributed by atoms with Crippen molar-refractivity contribution in [3.8, 4) is 0 Å². The van der Waals surface area contributed by atoms with E-state index in [9.17, 15) is 0 Å². The molecule has 66 valence electrons. The third-order valence-electron chi connectivity index (χ3n) is 1.84. The second-order valence-corrected chi connectivity index (χ2v) is 3.65. The Morgan fingerprint density at radius 3 is 2.67 bits per heavy atom. The Kier molecular flexibility index (Phi) is 3.39. The first-order valence-electron chi connectivity index (χ1n) is 3.80. The summed E-state index contributed by atoms with van der Waals surface area (Å²) in [4.78, 5) is 0. The summed E-state index contributed by atoms with van der Waals surface area (Å²) in [6.07, 6.45) is 0. The van der Waals surface area contributed by atoms with Gasteiger partial charge >= 0.3 is 0 Å². The maximum atomic E-state index is 5.96. The van der Waals surface area contributed by atoms with Crippen molar-refractivity contribution < 1.29 is 0 Å². The smallest absolute Gasteiger partial charge is 0.0442 e. The molecule has 1 aromatic rings. The monoisotopic (exact) mass is 203 g/mol. The largest absolute Gasteiger partial charge is 0.330 e. The minimum absolute atomic E-state index is 0.260. The number of nitrogens with two attached hydrogens (primary N) is 1. The van der Waals surface area contributed by atoms with Gasteiger partial charge in [-0.1, -0.05) is 30.1 Å². The molecule has 3 heteroatoms. The molecule has 0 unspecified atom stereocenters. The number of hydrogen-bond acceptors (Lipinski definition) is 1. The Bertz CT molecular complexity index is 273. The van der Waals surface area contributed by atoms with Gasteiger partial charge in [0.2, 0.25) is 0 Å². The minimum atomic E-state index is 0.260. The second kappa shape index (κ2) is 4.13. The highest BCUT2D eigenvalue weighted by molar-refractivity contribution is 6.33. The molecule has 0 saturated heterocycles. The van der Waals surface area contributed by atoms with Crippen LogP contribution in [0.3, 0.4) is 0 Å². The van der Waals surface area contributed by atoms with E-state index in [4.69, 9.17) is 28.9 Å². The molecule has 0 radical (unpaired) electrons. The van der Waals surface area contributed by atoms with Crippen LogP contribution in [0, 0.1) is 0 Å². The van der Waals surface area contributed by atoms with Crippen LogP contribution in [0.25, 0.3) is 0 Å².